The number of aromatic nitrogens is 2. The van der Waals surface area contributed by atoms with Gasteiger partial charge in [0.05, 0.1) is 0 Å². The van der Waals surface area contributed by atoms with E-state index in [9.17, 15) is 4.79 Å². The zero-order valence-corrected chi connectivity index (χ0v) is 21.1. The van der Waals surface area contributed by atoms with E-state index < -0.39 is 0 Å². The lowest BCUT2D eigenvalue weighted by molar-refractivity contribution is -0.134. The van der Waals surface area contributed by atoms with E-state index in [1.54, 1.807) is 0 Å². The fourth-order valence-electron chi connectivity index (χ4n) is 4.61. The van der Waals surface area contributed by atoms with Gasteiger partial charge < -0.3 is 10.1 Å². The van der Waals surface area contributed by atoms with Crippen LogP contribution in [0.5, 0.6) is 5.75 Å². The lowest BCUT2D eigenvalue weighted by atomic mass is 9.82. The Morgan fingerprint density at radius 2 is 1.73 bits per heavy atom. The first-order chi connectivity index (χ1) is 15.6. The molecule has 0 bridgehead atoms. The third kappa shape index (κ3) is 6.83. The van der Waals surface area contributed by atoms with Gasteiger partial charge in [-0.25, -0.2) is 4.98 Å². The van der Waals surface area contributed by atoms with Crippen LogP contribution in [0.4, 0.5) is 5.82 Å². The van der Waals surface area contributed by atoms with Gasteiger partial charge in [-0.05, 0) is 56.4 Å². The summed E-state index contributed by atoms with van der Waals surface area (Å²) in [6.45, 7) is 13.3. The van der Waals surface area contributed by atoms with Crippen molar-refractivity contribution in [3.63, 3.8) is 0 Å². The topological polar surface area (TPSA) is 55.6 Å². The molecule has 1 aromatic carbocycles. The van der Waals surface area contributed by atoms with Crippen molar-refractivity contribution < 1.29 is 9.53 Å². The molecule has 5 heteroatoms. The number of unbranched alkanes of at least 4 members (excludes halogenated alkanes) is 3. The van der Waals surface area contributed by atoms with Gasteiger partial charge in [0, 0.05) is 23.7 Å². The first kappa shape index (κ1) is 24.8. The van der Waals surface area contributed by atoms with Crippen molar-refractivity contribution in [3.05, 3.63) is 48.7 Å². The van der Waals surface area contributed by atoms with E-state index in [0.717, 1.165) is 54.8 Å². The molecule has 0 saturated heterocycles. The molecule has 0 amide bonds. The summed E-state index contributed by atoms with van der Waals surface area (Å²) in [4.78, 5) is 17.5. The lowest BCUT2D eigenvalue weighted by Gasteiger charge is -2.34. The van der Waals surface area contributed by atoms with Crippen molar-refractivity contribution in [1.82, 2.24) is 9.38 Å². The normalized spacial score (nSPS) is 12.2. The molecule has 0 radical (unpaired) electrons. The molecule has 0 aliphatic heterocycles. The average Bonchev–Trinajstić information content (AvgIpc) is 3.07. The summed E-state index contributed by atoms with van der Waals surface area (Å²) in [6, 6.07) is 13.7. The molecule has 0 aliphatic rings. The number of imidazole rings is 1. The van der Waals surface area contributed by atoms with Gasteiger partial charge in [0.1, 0.15) is 22.9 Å². The third-order valence-corrected chi connectivity index (χ3v) is 5.56. The van der Waals surface area contributed by atoms with Gasteiger partial charge in [-0.15, -0.1) is 0 Å². The number of nitrogens with zero attached hydrogens (tertiary/aromatic N) is 2. The van der Waals surface area contributed by atoms with Gasteiger partial charge in [0.15, 0.2) is 0 Å². The van der Waals surface area contributed by atoms with E-state index in [0.29, 0.717) is 12.2 Å². The summed E-state index contributed by atoms with van der Waals surface area (Å²) >= 11 is 0. The Balaban J connectivity index is 1.96. The van der Waals surface area contributed by atoms with Gasteiger partial charge >= 0.3 is 5.97 Å². The first-order valence-corrected chi connectivity index (χ1v) is 12.1. The maximum Gasteiger partial charge on any atom is 0.311 e. The molecule has 0 atom stereocenters. The average molecular weight is 450 g/mol. The summed E-state index contributed by atoms with van der Waals surface area (Å²) in [7, 11) is 0. The van der Waals surface area contributed by atoms with Crippen LogP contribution in [0, 0.1) is 5.41 Å². The number of esters is 1. The molecule has 2 aromatic heterocycles. The number of benzene rings is 1. The molecule has 33 heavy (non-hydrogen) atoms. The van der Waals surface area contributed by atoms with Gasteiger partial charge in [-0.2, -0.15) is 0 Å². The SMILES string of the molecule is CCCCCCC(=O)Oc1ccccc1-c1nc2ccccn2c1NC(C)(C)CC(C)(C)C. The van der Waals surface area contributed by atoms with Crippen molar-refractivity contribution in [3.8, 4) is 17.0 Å². The predicted octanol–water partition coefficient (Wildman–Crippen LogP) is 7.50. The van der Waals surface area contributed by atoms with E-state index in [4.69, 9.17) is 9.72 Å². The Labute approximate surface area is 198 Å². The smallest absolute Gasteiger partial charge is 0.311 e. The number of anilines is 1. The molecule has 0 unspecified atom stereocenters. The highest BCUT2D eigenvalue weighted by molar-refractivity contribution is 5.83. The number of ether oxygens (including phenoxy) is 1. The highest BCUT2D eigenvalue weighted by Gasteiger charge is 2.28. The molecular formula is C28H39N3O2. The number of hydrogen-bond acceptors (Lipinski definition) is 4. The number of nitrogens with one attached hydrogen (secondary N) is 1. The second kappa shape index (κ2) is 10.4. The Hall–Kier alpha value is -2.82. The minimum absolute atomic E-state index is 0.163. The monoisotopic (exact) mass is 449 g/mol. The number of rotatable bonds is 10. The maximum absolute atomic E-state index is 12.5. The summed E-state index contributed by atoms with van der Waals surface area (Å²) in [5.41, 5.74) is 2.46. The van der Waals surface area contributed by atoms with E-state index >= 15 is 0 Å². The van der Waals surface area contributed by atoms with Crippen LogP contribution in [0.25, 0.3) is 16.9 Å². The number of carbonyl (C=O) groups is 1. The van der Waals surface area contributed by atoms with Gasteiger partial charge in [0.25, 0.3) is 0 Å². The van der Waals surface area contributed by atoms with Crippen LogP contribution in [0.2, 0.25) is 0 Å². The van der Waals surface area contributed by atoms with Crippen molar-refractivity contribution in [2.45, 2.75) is 85.6 Å². The Morgan fingerprint density at radius 3 is 2.45 bits per heavy atom. The maximum atomic E-state index is 12.5. The number of hydrogen-bond donors (Lipinski definition) is 1. The van der Waals surface area contributed by atoms with Crippen LogP contribution in [0.15, 0.2) is 48.7 Å². The molecule has 0 saturated carbocycles. The number of carbonyl (C=O) groups excluding carboxylic acids is 1. The highest BCUT2D eigenvalue weighted by atomic mass is 16.5. The van der Waals surface area contributed by atoms with Gasteiger partial charge in [-0.3, -0.25) is 9.20 Å². The lowest BCUT2D eigenvalue weighted by Crippen LogP contribution is -2.36. The van der Waals surface area contributed by atoms with Gasteiger partial charge in [0.2, 0.25) is 0 Å². The summed E-state index contributed by atoms with van der Waals surface area (Å²) in [5, 5.41) is 3.75. The quantitative estimate of drug-likeness (QED) is 0.198. The summed E-state index contributed by atoms with van der Waals surface area (Å²) in [5.74, 6) is 1.27. The van der Waals surface area contributed by atoms with Crippen LogP contribution >= 0.6 is 0 Å². The largest absolute Gasteiger partial charge is 0.426 e. The number of pyridine rings is 1. The molecule has 0 fully saturated rings. The summed E-state index contributed by atoms with van der Waals surface area (Å²) in [6.07, 6.45) is 7.63. The molecular weight excluding hydrogens is 410 g/mol. The molecule has 0 spiro atoms. The van der Waals surface area contributed by atoms with Crippen molar-refractivity contribution in [2.75, 3.05) is 5.32 Å². The number of fused-ring (bicyclic) bond motifs is 1. The molecule has 0 aliphatic carbocycles. The van der Waals surface area contributed by atoms with E-state index in [-0.39, 0.29) is 16.9 Å². The molecule has 178 valence electrons. The van der Waals surface area contributed by atoms with Crippen LogP contribution < -0.4 is 10.1 Å². The molecule has 1 N–H and O–H groups in total. The Bertz CT molecular complexity index is 1080. The van der Waals surface area contributed by atoms with Gasteiger partial charge in [-0.1, -0.05) is 65.2 Å². The second-order valence-corrected chi connectivity index (χ2v) is 10.8. The molecule has 2 heterocycles. The molecule has 3 rings (SSSR count). The highest BCUT2D eigenvalue weighted by Crippen LogP contribution is 2.38. The van der Waals surface area contributed by atoms with Crippen LogP contribution in [-0.4, -0.2) is 20.9 Å². The minimum Gasteiger partial charge on any atom is -0.426 e. The van der Waals surface area contributed by atoms with E-state index in [1.165, 1.54) is 0 Å². The predicted molar refractivity (Wildman–Crippen MR) is 137 cm³/mol. The number of para-hydroxylation sites is 1. The zero-order chi connectivity index (χ0) is 24.1. The van der Waals surface area contributed by atoms with E-state index in [1.807, 2.05) is 48.7 Å². The van der Waals surface area contributed by atoms with Crippen molar-refractivity contribution in [1.29, 1.82) is 0 Å². The molecule has 3 aromatic rings. The fraction of sp³-hybridized carbons (Fsp3) is 0.500. The Morgan fingerprint density at radius 1 is 1.00 bits per heavy atom. The van der Waals surface area contributed by atoms with Crippen molar-refractivity contribution >= 4 is 17.4 Å². The fourth-order valence-corrected chi connectivity index (χ4v) is 4.61. The van der Waals surface area contributed by atoms with Crippen LogP contribution in [-0.2, 0) is 4.79 Å². The zero-order valence-electron chi connectivity index (χ0n) is 21.1. The van der Waals surface area contributed by atoms with Crippen LogP contribution in [0.3, 0.4) is 0 Å². The minimum atomic E-state index is -0.190. The van der Waals surface area contributed by atoms with Crippen LogP contribution in [0.1, 0.15) is 80.1 Å². The second-order valence-electron chi connectivity index (χ2n) is 10.8. The third-order valence-electron chi connectivity index (χ3n) is 5.56. The Kier molecular flexibility index (Phi) is 7.83. The first-order valence-electron chi connectivity index (χ1n) is 12.1. The molecule has 5 nitrogen and oxygen atoms in total. The van der Waals surface area contributed by atoms with E-state index in [2.05, 4.69) is 51.3 Å². The van der Waals surface area contributed by atoms with Crippen molar-refractivity contribution in [2.24, 2.45) is 5.41 Å². The standard InChI is InChI=1S/C28H39N3O2/c1-7-8-9-10-18-24(32)33-22-16-12-11-15-21(22)25-26(30-28(5,6)20-27(2,3)4)31-19-14-13-17-23(31)29-25/h11-17,19,30H,7-10,18,20H2,1-6H3. The summed E-state index contributed by atoms with van der Waals surface area (Å²) < 4.78 is 7.90.